The Morgan fingerprint density at radius 3 is 1.27 bits per heavy atom. The highest BCUT2D eigenvalue weighted by Crippen LogP contribution is 2.22. The van der Waals surface area contributed by atoms with Gasteiger partial charge in [-0.2, -0.15) is 0 Å². The molecule has 2 N–H and O–H groups in total. The lowest BCUT2D eigenvalue weighted by Gasteiger charge is -2.22. The Kier molecular flexibility index (Phi) is 39.3. The van der Waals surface area contributed by atoms with Gasteiger partial charge in [0.2, 0.25) is 0 Å². The van der Waals surface area contributed by atoms with Crippen LogP contribution in [0, 0.1) is 11.8 Å². The lowest BCUT2D eigenvalue weighted by Crippen LogP contribution is -2.28. The van der Waals surface area contributed by atoms with E-state index in [0.717, 1.165) is 77.4 Å². The second-order valence-corrected chi connectivity index (χ2v) is 18.4. The number of nitrogen functional groups attached to an aromatic ring is 1. The lowest BCUT2D eigenvalue weighted by molar-refractivity contribution is -0.146. The van der Waals surface area contributed by atoms with Gasteiger partial charge in [0, 0.05) is 25.6 Å². The van der Waals surface area contributed by atoms with Crippen LogP contribution in [0.5, 0.6) is 0 Å². The van der Waals surface area contributed by atoms with E-state index >= 15 is 0 Å². The second kappa shape index (κ2) is 42.2. The molecule has 1 heterocycles. The van der Waals surface area contributed by atoms with Crippen molar-refractivity contribution in [2.24, 2.45) is 11.8 Å². The number of nitrogens with two attached hydrogens (primary N) is 1. The van der Waals surface area contributed by atoms with E-state index in [1.807, 2.05) is 12.3 Å². The predicted molar refractivity (Wildman–Crippen MR) is 257 cm³/mol. The molecule has 0 radical (unpaired) electrons. The van der Waals surface area contributed by atoms with Crippen LogP contribution in [0.4, 0.5) is 5.82 Å². The van der Waals surface area contributed by atoms with E-state index in [1.54, 1.807) is 0 Å². The maximum Gasteiger partial charge on any atom is 0.305 e. The number of esters is 2. The molecule has 0 aliphatic heterocycles. The number of aromatic nitrogens is 1. The van der Waals surface area contributed by atoms with Crippen LogP contribution in [0.25, 0.3) is 0 Å². The Morgan fingerprint density at radius 1 is 0.500 bits per heavy atom. The van der Waals surface area contributed by atoms with Crippen molar-refractivity contribution in [1.29, 1.82) is 0 Å². The van der Waals surface area contributed by atoms with Crippen LogP contribution < -0.4 is 5.73 Å². The molecule has 0 aromatic carbocycles. The predicted octanol–water partition coefficient (Wildman–Crippen LogP) is 15.2. The van der Waals surface area contributed by atoms with Crippen molar-refractivity contribution < 1.29 is 19.1 Å². The van der Waals surface area contributed by atoms with Crippen molar-refractivity contribution in [1.82, 2.24) is 9.88 Å². The molecule has 2 atom stereocenters. The summed E-state index contributed by atoms with van der Waals surface area (Å²) in [7, 11) is 0. The van der Waals surface area contributed by atoms with Gasteiger partial charge in [-0.05, 0) is 94.3 Å². The quantitative estimate of drug-likeness (QED) is 0.0516. The number of unbranched alkanes of at least 4 members (excludes halogenated alkanes) is 22. The number of carbonyl (C=O) groups excluding carboxylic acids is 2. The van der Waals surface area contributed by atoms with E-state index in [0.29, 0.717) is 43.7 Å². The molecule has 2 unspecified atom stereocenters. The molecule has 0 spiro atoms. The topological polar surface area (TPSA) is 94.8 Å². The van der Waals surface area contributed by atoms with Crippen molar-refractivity contribution in [2.45, 2.75) is 252 Å². The Hall–Kier alpha value is -2.15. The first-order valence-corrected chi connectivity index (χ1v) is 26.2. The Balaban J connectivity index is 2.40. The molecule has 1 aromatic rings. The van der Waals surface area contributed by atoms with Crippen molar-refractivity contribution in [2.75, 3.05) is 38.6 Å². The molecule has 0 saturated carbocycles. The number of pyridine rings is 1. The molecule has 0 bridgehead atoms. The highest BCUT2D eigenvalue weighted by molar-refractivity contribution is 5.69. The summed E-state index contributed by atoms with van der Waals surface area (Å²) in [6.07, 6.45) is 43.3. The Morgan fingerprint density at radius 2 is 0.867 bits per heavy atom. The zero-order valence-corrected chi connectivity index (χ0v) is 40.3. The number of carbonyl (C=O) groups is 2. The molecule has 7 nitrogen and oxygen atoms in total. The number of anilines is 1. The summed E-state index contributed by atoms with van der Waals surface area (Å²) >= 11 is 0. The van der Waals surface area contributed by atoms with Crippen LogP contribution in [-0.2, 0) is 25.5 Å². The van der Waals surface area contributed by atoms with Crippen molar-refractivity contribution in [3.63, 3.8) is 0 Å². The number of hydrogen-bond donors (Lipinski definition) is 1. The van der Waals surface area contributed by atoms with Gasteiger partial charge < -0.3 is 20.1 Å². The third kappa shape index (κ3) is 35.4. The number of ether oxygens (including phenoxy) is 2. The summed E-state index contributed by atoms with van der Waals surface area (Å²) in [5.41, 5.74) is 7.05. The van der Waals surface area contributed by atoms with Gasteiger partial charge in [0.25, 0.3) is 0 Å². The molecule has 7 heteroatoms. The smallest absolute Gasteiger partial charge is 0.305 e. The SMILES string of the molecule is CCCCCCCCC(CCCCCC)COC(=O)CCCCCCN(CCCCCCC(=O)OCC(CCCCCC)CCCCCCCC)CCc1ccc(N)nc1. The van der Waals surface area contributed by atoms with E-state index in [2.05, 4.69) is 43.6 Å². The van der Waals surface area contributed by atoms with Crippen molar-refractivity contribution in [3.05, 3.63) is 23.9 Å². The fourth-order valence-electron chi connectivity index (χ4n) is 8.46. The first-order chi connectivity index (χ1) is 29.4. The van der Waals surface area contributed by atoms with Crippen LogP contribution in [0.1, 0.15) is 252 Å². The first kappa shape index (κ1) is 55.9. The Labute approximate surface area is 372 Å². The van der Waals surface area contributed by atoms with Gasteiger partial charge >= 0.3 is 11.9 Å². The van der Waals surface area contributed by atoms with Gasteiger partial charge in [0.1, 0.15) is 5.82 Å². The van der Waals surface area contributed by atoms with Gasteiger partial charge in [-0.3, -0.25) is 9.59 Å². The Bertz CT molecular complexity index is 1020. The van der Waals surface area contributed by atoms with E-state index < -0.39 is 0 Å². The molecule has 60 heavy (non-hydrogen) atoms. The first-order valence-electron chi connectivity index (χ1n) is 26.2. The molecule has 350 valence electrons. The standard InChI is InChI=1S/C53H99N3O4/c1-5-9-13-17-19-27-35-49(33-25-15-11-7-3)46-59-52(57)37-29-21-23-31-42-56(44-41-48-39-40-51(54)55-45-48)43-32-24-22-30-38-53(58)60-47-50(34-26-16-12-8-4)36-28-20-18-14-10-6-2/h39-40,45,49-50H,5-38,41-44,46-47H2,1-4H3,(H2,54,55). The maximum absolute atomic E-state index is 12.7. The van der Waals surface area contributed by atoms with Crippen LogP contribution in [0.3, 0.4) is 0 Å². The van der Waals surface area contributed by atoms with Crippen molar-refractivity contribution in [3.8, 4) is 0 Å². The molecule has 1 aromatic heterocycles. The molecule has 0 aliphatic rings. The highest BCUT2D eigenvalue weighted by Gasteiger charge is 2.14. The largest absolute Gasteiger partial charge is 0.465 e. The minimum atomic E-state index is -0.00556. The highest BCUT2D eigenvalue weighted by atomic mass is 16.5. The molecule has 0 saturated heterocycles. The normalized spacial score (nSPS) is 12.6. The summed E-state index contributed by atoms with van der Waals surface area (Å²) in [4.78, 5) is 32.3. The molecule has 0 fully saturated rings. The van der Waals surface area contributed by atoms with E-state index in [1.165, 1.54) is 160 Å². The second-order valence-electron chi connectivity index (χ2n) is 18.4. The molecule has 0 aliphatic carbocycles. The minimum Gasteiger partial charge on any atom is -0.465 e. The van der Waals surface area contributed by atoms with Crippen LogP contribution in [0.15, 0.2) is 18.3 Å². The molecular weight excluding hydrogens is 743 g/mol. The van der Waals surface area contributed by atoms with E-state index in [4.69, 9.17) is 15.2 Å². The van der Waals surface area contributed by atoms with E-state index in [9.17, 15) is 9.59 Å². The van der Waals surface area contributed by atoms with Crippen LogP contribution in [0.2, 0.25) is 0 Å². The number of hydrogen-bond acceptors (Lipinski definition) is 7. The molecular formula is C53H99N3O4. The summed E-state index contributed by atoms with van der Waals surface area (Å²) in [6.45, 7) is 13.4. The summed E-state index contributed by atoms with van der Waals surface area (Å²) < 4.78 is 11.7. The average Bonchev–Trinajstić information content (AvgIpc) is 3.25. The van der Waals surface area contributed by atoms with Gasteiger partial charge in [-0.1, -0.05) is 188 Å². The zero-order chi connectivity index (χ0) is 43.6. The minimum absolute atomic E-state index is 0.00556. The lowest BCUT2D eigenvalue weighted by atomic mass is 9.95. The van der Waals surface area contributed by atoms with Crippen LogP contribution >= 0.6 is 0 Å². The summed E-state index contributed by atoms with van der Waals surface area (Å²) in [5, 5.41) is 0. The van der Waals surface area contributed by atoms with Crippen LogP contribution in [-0.4, -0.2) is 54.7 Å². The molecule has 1 rings (SSSR count). The number of nitrogens with zero attached hydrogens (tertiary/aromatic N) is 2. The van der Waals surface area contributed by atoms with Gasteiger partial charge in [-0.25, -0.2) is 4.98 Å². The van der Waals surface area contributed by atoms with Gasteiger partial charge in [0.05, 0.1) is 13.2 Å². The van der Waals surface area contributed by atoms with E-state index in [-0.39, 0.29) is 11.9 Å². The fraction of sp³-hybridized carbons (Fsp3) is 0.868. The third-order valence-corrected chi connectivity index (χ3v) is 12.6. The zero-order valence-electron chi connectivity index (χ0n) is 40.3. The van der Waals surface area contributed by atoms with Crippen molar-refractivity contribution >= 4 is 17.8 Å². The fourth-order valence-corrected chi connectivity index (χ4v) is 8.46. The third-order valence-electron chi connectivity index (χ3n) is 12.6. The van der Waals surface area contributed by atoms with Gasteiger partial charge in [0.15, 0.2) is 0 Å². The average molecular weight is 842 g/mol. The van der Waals surface area contributed by atoms with Gasteiger partial charge in [-0.15, -0.1) is 0 Å². The summed E-state index contributed by atoms with van der Waals surface area (Å²) in [6, 6.07) is 3.98. The monoisotopic (exact) mass is 842 g/mol. The molecule has 0 amide bonds. The summed E-state index contributed by atoms with van der Waals surface area (Å²) in [5.74, 6) is 1.60. The number of rotatable bonds is 45. The maximum atomic E-state index is 12.7.